The van der Waals surface area contributed by atoms with E-state index in [1.54, 1.807) is 37.3 Å². The molecule has 0 aliphatic carbocycles. The van der Waals surface area contributed by atoms with E-state index in [9.17, 15) is 9.18 Å². The minimum Gasteiger partial charge on any atom is -0.456 e. The van der Waals surface area contributed by atoms with Crippen LogP contribution in [-0.2, 0) is 0 Å². The van der Waals surface area contributed by atoms with Gasteiger partial charge in [0.1, 0.15) is 17.3 Å². The number of benzene rings is 2. The largest absolute Gasteiger partial charge is 0.456 e. The summed E-state index contributed by atoms with van der Waals surface area (Å²) in [5.74, 6) is 0.856. The summed E-state index contributed by atoms with van der Waals surface area (Å²) < 4.78 is 19.5. The van der Waals surface area contributed by atoms with E-state index in [0.717, 1.165) is 0 Å². The lowest BCUT2D eigenvalue weighted by Crippen LogP contribution is -1.93. The van der Waals surface area contributed by atoms with Crippen LogP contribution in [0, 0.1) is 12.7 Å². The van der Waals surface area contributed by atoms with Gasteiger partial charge in [-0.3, -0.25) is 4.79 Å². The van der Waals surface area contributed by atoms with Crippen molar-refractivity contribution in [2.45, 2.75) is 13.8 Å². The van der Waals surface area contributed by atoms with Crippen molar-refractivity contribution in [2.24, 2.45) is 0 Å². The van der Waals surface area contributed by atoms with E-state index in [4.69, 9.17) is 4.74 Å². The number of hydrogen-bond acceptors (Lipinski definition) is 2. The summed E-state index contributed by atoms with van der Waals surface area (Å²) in [6, 6.07) is 9.66. The number of carbonyl (C=O) groups excluding carboxylic acids is 1. The summed E-state index contributed by atoms with van der Waals surface area (Å²) in [6.07, 6.45) is 0. The molecule has 0 aliphatic rings. The Morgan fingerprint density at radius 1 is 1.21 bits per heavy atom. The highest BCUT2D eigenvalue weighted by Gasteiger charge is 2.07. The van der Waals surface area contributed by atoms with E-state index in [0.29, 0.717) is 27.1 Å². The highest BCUT2D eigenvalue weighted by atomic mass is 79.9. The van der Waals surface area contributed by atoms with E-state index < -0.39 is 0 Å². The van der Waals surface area contributed by atoms with E-state index in [-0.39, 0.29) is 11.6 Å². The lowest BCUT2D eigenvalue weighted by atomic mass is 10.1. The molecule has 0 aromatic heterocycles. The molecule has 0 amide bonds. The van der Waals surface area contributed by atoms with Crippen LogP contribution in [0.15, 0.2) is 40.9 Å². The van der Waals surface area contributed by atoms with Gasteiger partial charge in [-0.25, -0.2) is 4.39 Å². The van der Waals surface area contributed by atoms with Crippen LogP contribution in [0.1, 0.15) is 22.8 Å². The Balaban J connectivity index is 2.28. The highest BCUT2D eigenvalue weighted by Crippen LogP contribution is 2.31. The van der Waals surface area contributed by atoms with Gasteiger partial charge in [0.2, 0.25) is 0 Å². The number of aryl methyl sites for hydroxylation is 1. The van der Waals surface area contributed by atoms with Crippen molar-refractivity contribution in [3.63, 3.8) is 0 Å². The number of rotatable bonds is 3. The van der Waals surface area contributed by atoms with Crippen molar-refractivity contribution >= 4 is 21.7 Å². The van der Waals surface area contributed by atoms with Gasteiger partial charge in [-0.2, -0.15) is 0 Å². The van der Waals surface area contributed by atoms with Crippen molar-refractivity contribution in [1.29, 1.82) is 0 Å². The molecule has 2 aromatic rings. The molecule has 19 heavy (non-hydrogen) atoms. The third-order valence-electron chi connectivity index (χ3n) is 2.70. The molecule has 0 bridgehead atoms. The Morgan fingerprint density at radius 2 is 1.95 bits per heavy atom. The van der Waals surface area contributed by atoms with E-state index >= 15 is 0 Å². The van der Waals surface area contributed by atoms with Crippen molar-refractivity contribution < 1.29 is 13.9 Å². The average molecular weight is 323 g/mol. The summed E-state index contributed by atoms with van der Waals surface area (Å²) in [4.78, 5) is 11.2. The predicted molar refractivity (Wildman–Crippen MR) is 75.4 cm³/mol. The molecule has 0 aliphatic heterocycles. The van der Waals surface area contributed by atoms with Crippen molar-refractivity contribution in [2.75, 3.05) is 0 Å². The molecule has 2 aromatic carbocycles. The maximum Gasteiger partial charge on any atom is 0.159 e. The second-order valence-electron chi connectivity index (χ2n) is 4.21. The molecule has 98 valence electrons. The van der Waals surface area contributed by atoms with Gasteiger partial charge in [-0.05, 0) is 71.7 Å². The quantitative estimate of drug-likeness (QED) is 0.752. The van der Waals surface area contributed by atoms with Gasteiger partial charge in [0, 0.05) is 5.56 Å². The predicted octanol–water partition coefficient (Wildman–Crippen LogP) is 4.89. The van der Waals surface area contributed by atoms with Crippen LogP contribution in [0.5, 0.6) is 11.5 Å². The number of ketones is 1. The molecular weight excluding hydrogens is 311 g/mol. The fourth-order valence-corrected chi connectivity index (χ4v) is 2.07. The zero-order valence-electron chi connectivity index (χ0n) is 10.5. The fourth-order valence-electron chi connectivity index (χ4n) is 1.61. The Hall–Kier alpha value is -1.68. The molecule has 4 heteroatoms. The van der Waals surface area contributed by atoms with Crippen LogP contribution in [0.3, 0.4) is 0 Å². The summed E-state index contributed by atoms with van der Waals surface area (Å²) in [5, 5.41) is 0. The fraction of sp³-hybridized carbons (Fsp3) is 0.133. The highest BCUT2D eigenvalue weighted by molar-refractivity contribution is 9.10. The van der Waals surface area contributed by atoms with Gasteiger partial charge >= 0.3 is 0 Å². The van der Waals surface area contributed by atoms with Crippen molar-refractivity contribution in [1.82, 2.24) is 0 Å². The van der Waals surface area contributed by atoms with Crippen molar-refractivity contribution in [3.05, 3.63) is 57.8 Å². The second kappa shape index (κ2) is 5.53. The molecule has 0 fully saturated rings. The third-order valence-corrected chi connectivity index (χ3v) is 3.32. The normalized spacial score (nSPS) is 10.3. The van der Waals surface area contributed by atoms with Gasteiger partial charge in [0.05, 0.1) is 4.47 Å². The summed E-state index contributed by atoms with van der Waals surface area (Å²) >= 11 is 3.35. The van der Waals surface area contributed by atoms with Gasteiger partial charge < -0.3 is 4.74 Å². The molecule has 0 spiro atoms. The zero-order chi connectivity index (χ0) is 14.0. The smallest absolute Gasteiger partial charge is 0.159 e. The standard InChI is InChI=1S/C15H12BrFO2/c1-9-7-12(4-5-14(9)17)19-15-6-3-11(10(2)18)8-13(15)16/h3-8H,1-2H3. The minimum atomic E-state index is -0.265. The molecular formula is C15H12BrFO2. The summed E-state index contributed by atoms with van der Waals surface area (Å²) in [6.45, 7) is 3.18. The number of ether oxygens (including phenoxy) is 1. The number of Topliss-reactive ketones (excluding diaryl/α,β-unsaturated/α-hetero) is 1. The van der Waals surface area contributed by atoms with E-state index in [1.165, 1.54) is 13.0 Å². The van der Waals surface area contributed by atoms with Gasteiger partial charge in [-0.1, -0.05) is 0 Å². The first-order valence-corrected chi connectivity index (χ1v) is 6.51. The molecule has 0 radical (unpaired) electrons. The molecule has 0 saturated heterocycles. The summed E-state index contributed by atoms with van der Waals surface area (Å²) in [5.41, 5.74) is 1.13. The van der Waals surface area contributed by atoms with E-state index in [1.807, 2.05) is 0 Å². The lowest BCUT2D eigenvalue weighted by molar-refractivity contribution is 0.101. The Kier molecular flexibility index (Phi) is 4.00. The minimum absolute atomic E-state index is 0.00937. The second-order valence-corrected chi connectivity index (χ2v) is 5.07. The molecule has 2 nitrogen and oxygen atoms in total. The van der Waals surface area contributed by atoms with Crippen molar-refractivity contribution in [3.8, 4) is 11.5 Å². The van der Waals surface area contributed by atoms with Gasteiger partial charge in [-0.15, -0.1) is 0 Å². The SMILES string of the molecule is CC(=O)c1ccc(Oc2ccc(F)c(C)c2)c(Br)c1. The van der Waals surface area contributed by atoms with Crippen LogP contribution in [0.2, 0.25) is 0 Å². The van der Waals surface area contributed by atoms with E-state index in [2.05, 4.69) is 15.9 Å². The maximum atomic E-state index is 13.2. The summed E-state index contributed by atoms with van der Waals surface area (Å²) in [7, 11) is 0. The molecule has 0 heterocycles. The van der Waals surface area contributed by atoms with Gasteiger partial charge in [0.15, 0.2) is 5.78 Å². The molecule has 2 rings (SSSR count). The Labute approximate surface area is 119 Å². The number of halogens is 2. The Morgan fingerprint density at radius 3 is 2.53 bits per heavy atom. The first kappa shape index (κ1) is 13.7. The van der Waals surface area contributed by atoms with Crippen LogP contribution in [0.4, 0.5) is 4.39 Å². The van der Waals surface area contributed by atoms with Crippen LogP contribution >= 0.6 is 15.9 Å². The lowest BCUT2D eigenvalue weighted by Gasteiger charge is -2.09. The van der Waals surface area contributed by atoms with Crippen LogP contribution < -0.4 is 4.74 Å². The first-order valence-electron chi connectivity index (χ1n) is 5.72. The Bertz CT molecular complexity index is 638. The number of hydrogen-bond donors (Lipinski definition) is 0. The van der Waals surface area contributed by atoms with Crippen LogP contribution in [0.25, 0.3) is 0 Å². The average Bonchev–Trinajstić information content (AvgIpc) is 2.36. The molecule has 0 saturated carbocycles. The van der Waals surface area contributed by atoms with Crippen LogP contribution in [-0.4, -0.2) is 5.78 Å². The zero-order valence-corrected chi connectivity index (χ0v) is 12.1. The number of carbonyl (C=O) groups is 1. The molecule has 0 unspecified atom stereocenters. The monoisotopic (exact) mass is 322 g/mol. The first-order chi connectivity index (χ1) is 8.97. The third kappa shape index (κ3) is 3.20. The topological polar surface area (TPSA) is 26.3 Å². The molecule has 0 N–H and O–H groups in total. The maximum absolute atomic E-state index is 13.2. The van der Waals surface area contributed by atoms with Gasteiger partial charge in [0.25, 0.3) is 0 Å². The molecule has 0 atom stereocenters.